The normalized spacial score (nSPS) is 15.0. The van der Waals surface area contributed by atoms with E-state index in [-0.39, 0.29) is 5.91 Å². The average molecular weight is 392 g/mol. The van der Waals surface area contributed by atoms with Crippen molar-refractivity contribution in [2.24, 2.45) is 5.10 Å². The smallest absolute Gasteiger partial charge is 0.271 e. The molecule has 152 valence electrons. The van der Waals surface area contributed by atoms with Gasteiger partial charge >= 0.3 is 0 Å². The van der Waals surface area contributed by atoms with E-state index in [2.05, 4.69) is 51.5 Å². The van der Waals surface area contributed by atoms with E-state index in [0.717, 1.165) is 29.0 Å². The zero-order valence-electron chi connectivity index (χ0n) is 17.7. The van der Waals surface area contributed by atoms with E-state index >= 15 is 0 Å². The summed E-state index contributed by atoms with van der Waals surface area (Å²) >= 11 is 0. The van der Waals surface area contributed by atoms with Gasteiger partial charge in [0.05, 0.1) is 17.2 Å². The number of rotatable bonds is 5. The van der Waals surface area contributed by atoms with Crippen molar-refractivity contribution in [1.82, 2.24) is 19.5 Å². The maximum Gasteiger partial charge on any atom is 0.271 e. The van der Waals surface area contributed by atoms with Crippen LogP contribution in [0.15, 0.2) is 29.4 Å². The van der Waals surface area contributed by atoms with Crippen LogP contribution in [0.5, 0.6) is 0 Å². The van der Waals surface area contributed by atoms with Crippen LogP contribution < -0.4 is 5.43 Å². The lowest BCUT2D eigenvalue weighted by Gasteiger charge is -2.17. The zero-order chi connectivity index (χ0) is 20.5. The molecule has 0 radical (unpaired) electrons. The van der Waals surface area contributed by atoms with Crippen LogP contribution in [0, 0.1) is 20.8 Å². The van der Waals surface area contributed by atoms with Gasteiger partial charge in [0.2, 0.25) is 0 Å². The van der Waals surface area contributed by atoms with Gasteiger partial charge in [-0.2, -0.15) is 5.10 Å². The topological polar surface area (TPSA) is 64.2 Å². The first-order valence-electron chi connectivity index (χ1n) is 10.5. The van der Waals surface area contributed by atoms with E-state index in [1.54, 1.807) is 6.21 Å². The molecule has 1 N–H and O–H groups in total. The highest BCUT2D eigenvalue weighted by Gasteiger charge is 2.20. The highest BCUT2D eigenvalue weighted by atomic mass is 16.2. The molecular formula is C23H29N5O. The lowest BCUT2D eigenvalue weighted by molar-refractivity contribution is 0.0955. The number of hydrazone groups is 1. The van der Waals surface area contributed by atoms with Gasteiger partial charge in [-0.15, -0.1) is 0 Å². The quantitative estimate of drug-likeness (QED) is 0.508. The van der Waals surface area contributed by atoms with E-state index in [1.165, 1.54) is 37.1 Å². The first kappa shape index (κ1) is 19.4. The molecule has 1 aliphatic rings. The van der Waals surface area contributed by atoms with Crippen molar-refractivity contribution >= 4 is 23.2 Å². The minimum atomic E-state index is -0.226. The van der Waals surface area contributed by atoms with Crippen molar-refractivity contribution in [3.05, 3.63) is 52.6 Å². The van der Waals surface area contributed by atoms with E-state index in [0.29, 0.717) is 11.6 Å². The Morgan fingerprint density at radius 1 is 1.24 bits per heavy atom. The van der Waals surface area contributed by atoms with Gasteiger partial charge in [-0.1, -0.05) is 12.8 Å². The summed E-state index contributed by atoms with van der Waals surface area (Å²) in [6.45, 7) is 9.21. The molecule has 2 heterocycles. The number of hydrogen-bond acceptors (Lipinski definition) is 3. The molecular weight excluding hydrogens is 362 g/mol. The number of nitrogens with zero attached hydrogens (tertiary/aromatic N) is 4. The van der Waals surface area contributed by atoms with Gasteiger partial charge < -0.3 is 9.13 Å². The van der Waals surface area contributed by atoms with Gasteiger partial charge in [0.25, 0.3) is 5.91 Å². The Morgan fingerprint density at radius 3 is 2.72 bits per heavy atom. The highest BCUT2D eigenvalue weighted by Crippen LogP contribution is 2.33. The number of carbonyl (C=O) groups excluding carboxylic acids is 1. The fraction of sp³-hybridized carbons (Fsp3) is 0.435. The monoisotopic (exact) mass is 391 g/mol. The summed E-state index contributed by atoms with van der Waals surface area (Å²) in [5.41, 5.74) is 8.64. The summed E-state index contributed by atoms with van der Waals surface area (Å²) < 4.78 is 4.56. The molecule has 0 bridgehead atoms. The molecule has 0 atom stereocenters. The zero-order valence-corrected chi connectivity index (χ0v) is 17.7. The third kappa shape index (κ3) is 3.59. The Hall–Kier alpha value is -2.89. The Morgan fingerprint density at radius 2 is 2.00 bits per heavy atom. The van der Waals surface area contributed by atoms with Crippen molar-refractivity contribution in [2.45, 2.75) is 66.0 Å². The molecule has 29 heavy (non-hydrogen) atoms. The fourth-order valence-electron chi connectivity index (χ4n) is 4.67. The van der Waals surface area contributed by atoms with Crippen molar-refractivity contribution in [1.29, 1.82) is 0 Å². The molecule has 0 unspecified atom stereocenters. The number of amides is 1. The molecule has 0 aliphatic heterocycles. The molecule has 6 heteroatoms. The minimum absolute atomic E-state index is 0.226. The molecule has 0 spiro atoms. The van der Waals surface area contributed by atoms with Gasteiger partial charge in [-0.3, -0.25) is 4.79 Å². The van der Waals surface area contributed by atoms with Crippen LogP contribution in [0.25, 0.3) is 11.0 Å². The number of nitrogens with one attached hydrogen (secondary N) is 1. The van der Waals surface area contributed by atoms with Crippen LogP contribution in [0.3, 0.4) is 0 Å². The Labute approximate surface area is 171 Å². The first-order valence-corrected chi connectivity index (χ1v) is 10.5. The van der Waals surface area contributed by atoms with Crippen LogP contribution in [0.1, 0.15) is 71.8 Å². The lowest BCUT2D eigenvalue weighted by atomic mass is 10.2. The third-order valence-electron chi connectivity index (χ3n) is 6.10. The Balaban J connectivity index is 1.49. The van der Waals surface area contributed by atoms with Crippen molar-refractivity contribution in [2.75, 3.05) is 0 Å². The maximum atomic E-state index is 12.5. The number of benzene rings is 1. The molecule has 1 aromatic carbocycles. The largest absolute Gasteiger partial charge is 0.345 e. The van der Waals surface area contributed by atoms with Crippen LogP contribution in [0.2, 0.25) is 0 Å². The van der Waals surface area contributed by atoms with Crippen molar-refractivity contribution in [3.63, 3.8) is 0 Å². The summed E-state index contributed by atoms with van der Waals surface area (Å²) in [5, 5.41) is 4.22. The summed E-state index contributed by atoms with van der Waals surface area (Å²) in [7, 11) is 0. The molecule has 3 aromatic rings. The second-order valence-corrected chi connectivity index (χ2v) is 7.94. The lowest BCUT2D eigenvalue weighted by Crippen LogP contribution is -2.17. The fourth-order valence-corrected chi connectivity index (χ4v) is 4.67. The summed E-state index contributed by atoms with van der Waals surface area (Å²) in [5.74, 6) is 0.729. The molecule has 1 saturated carbocycles. The number of carbonyl (C=O) groups is 1. The van der Waals surface area contributed by atoms with Crippen LogP contribution in [-0.4, -0.2) is 26.2 Å². The minimum Gasteiger partial charge on any atom is -0.345 e. The number of aromatic nitrogens is 3. The van der Waals surface area contributed by atoms with Gasteiger partial charge in [0, 0.05) is 35.1 Å². The van der Waals surface area contributed by atoms with E-state index < -0.39 is 0 Å². The SMILES string of the molecule is CCn1c(C)nc2cc(C(=O)N/N=C\c3cc(C)n(C4CCCC4)c3C)ccc21. The Bertz CT molecular complexity index is 1080. The molecule has 4 rings (SSSR count). The number of fused-ring (bicyclic) bond motifs is 1. The molecule has 1 fully saturated rings. The number of aryl methyl sites for hydroxylation is 3. The second kappa shape index (κ2) is 7.85. The highest BCUT2D eigenvalue weighted by molar-refractivity contribution is 5.98. The maximum absolute atomic E-state index is 12.5. The summed E-state index contributed by atoms with van der Waals surface area (Å²) in [4.78, 5) is 17.1. The van der Waals surface area contributed by atoms with Crippen LogP contribution in [-0.2, 0) is 6.54 Å². The first-order chi connectivity index (χ1) is 14.0. The van der Waals surface area contributed by atoms with Gasteiger partial charge in [-0.05, 0) is 64.8 Å². The number of hydrogen-bond donors (Lipinski definition) is 1. The standard InChI is InChI=1S/C23H29N5O/c1-5-27-17(4)25-21-13-18(10-11-22(21)27)23(29)26-24-14-19-12-15(2)28(16(19)3)20-8-6-7-9-20/h10-14,20H,5-9H2,1-4H3,(H,26,29)/b24-14-. The van der Waals surface area contributed by atoms with Crippen LogP contribution >= 0.6 is 0 Å². The predicted molar refractivity (Wildman–Crippen MR) is 117 cm³/mol. The average Bonchev–Trinajstić information content (AvgIpc) is 3.39. The predicted octanol–water partition coefficient (Wildman–Crippen LogP) is 4.66. The molecule has 1 amide bonds. The summed E-state index contributed by atoms with van der Waals surface area (Å²) in [6.07, 6.45) is 6.86. The van der Waals surface area contributed by atoms with Crippen LogP contribution in [0.4, 0.5) is 0 Å². The summed E-state index contributed by atoms with van der Waals surface area (Å²) in [6, 6.07) is 8.35. The number of imidazole rings is 1. The van der Waals surface area contributed by atoms with Gasteiger partial charge in [-0.25, -0.2) is 10.4 Å². The molecule has 2 aromatic heterocycles. The van der Waals surface area contributed by atoms with Crippen molar-refractivity contribution in [3.8, 4) is 0 Å². The Kier molecular flexibility index (Phi) is 5.26. The molecule has 6 nitrogen and oxygen atoms in total. The van der Waals surface area contributed by atoms with E-state index in [1.807, 2.05) is 25.1 Å². The van der Waals surface area contributed by atoms with Gasteiger partial charge in [0.1, 0.15) is 5.82 Å². The second-order valence-electron chi connectivity index (χ2n) is 7.94. The molecule has 1 aliphatic carbocycles. The van der Waals surface area contributed by atoms with E-state index in [9.17, 15) is 4.79 Å². The van der Waals surface area contributed by atoms with Gasteiger partial charge in [0.15, 0.2) is 0 Å². The molecule has 0 saturated heterocycles. The van der Waals surface area contributed by atoms with E-state index in [4.69, 9.17) is 0 Å². The third-order valence-corrected chi connectivity index (χ3v) is 6.10. The van der Waals surface area contributed by atoms with Crippen molar-refractivity contribution < 1.29 is 4.79 Å².